The number of hydrogen-bond acceptors (Lipinski definition) is 2. The highest BCUT2D eigenvalue weighted by molar-refractivity contribution is 5.37. The van der Waals surface area contributed by atoms with Gasteiger partial charge in [0.25, 0.3) is 0 Å². The highest BCUT2D eigenvalue weighted by Gasteiger charge is 2.28. The van der Waals surface area contributed by atoms with Crippen molar-refractivity contribution in [1.82, 2.24) is 0 Å². The third-order valence-corrected chi connectivity index (χ3v) is 4.22. The minimum Gasteiger partial charge on any atom is -0.493 e. The molecule has 2 nitrogen and oxygen atoms in total. The molecule has 2 heteroatoms. The lowest BCUT2D eigenvalue weighted by Crippen LogP contribution is -2.23. The molecule has 2 atom stereocenters. The second kappa shape index (κ2) is 5.31. The highest BCUT2D eigenvalue weighted by Crippen LogP contribution is 2.38. The van der Waals surface area contributed by atoms with Gasteiger partial charge in [0.15, 0.2) is 0 Å². The molecule has 0 unspecified atom stereocenters. The van der Waals surface area contributed by atoms with Gasteiger partial charge in [0, 0.05) is 5.92 Å². The second-order valence-corrected chi connectivity index (χ2v) is 5.75. The van der Waals surface area contributed by atoms with Gasteiger partial charge in [-0.05, 0) is 43.2 Å². The molecule has 2 aliphatic carbocycles. The molecule has 0 aromatic heterocycles. The molecular formula is C16H22O2. The summed E-state index contributed by atoms with van der Waals surface area (Å²) in [6, 6.07) is 8.27. The standard InChI is InChI=1S/C16H22O2/c17-15-7-3-1-5-13(15)14-6-2-4-8-16(14)18-11-12-9-10-12/h2,4,6,8,12-13,15,17H,1,3,5,7,9-11H2/t13-,15+/m0/s1. The van der Waals surface area contributed by atoms with Gasteiger partial charge in [-0.15, -0.1) is 0 Å². The first-order chi connectivity index (χ1) is 8.84. The summed E-state index contributed by atoms with van der Waals surface area (Å²) in [4.78, 5) is 0. The topological polar surface area (TPSA) is 29.5 Å². The van der Waals surface area contributed by atoms with Gasteiger partial charge >= 0.3 is 0 Å². The van der Waals surface area contributed by atoms with E-state index in [9.17, 15) is 5.11 Å². The Kier molecular flexibility index (Phi) is 3.55. The fraction of sp³-hybridized carbons (Fsp3) is 0.625. The zero-order valence-corrected chi connectivity index (χ0v) is 10.8. The molecule has 2 saturated carbocycles. The minimum absolute atomic E-state index is 0.190. The summed E-state index contributed by atoms with van der Waals surface area (Å²) >= 11 is 0. The van der Waals surface area contributed by atoms with Crippen LogP contribution in [0.2, 0.25) is 0 Å². The Balaban J connectivity index is 1.75. The van der Waals surface area contributed by atoms with Gasteiger partial charge in [-0.1, -0.05) is 31.0 Å². The average Bonchev–Trinajstić information content (AvgIpc) is 3.22. The molecule has 1 aromatic rings. The third kappa shape index (κ3) is 2.69. The Labute approximate surface area is 109 Å². The van der Waals surface area contributed by atoms with Crippen LogP contribution in [0.3, 0.4) is 0 Å². The fourth-order valence-corrected chi connectivity index (χ4v) is 2.88. The number of hydrogen-bond donors (Lipinski definition) is 1. The number of para-hydroxylation sites is 1. The van der Waals surface area contributed by atoms with Crippen molar-refractivity contribution in [3.05, 3.63) is 29.8 Å². The van der Waals surface area contributed by atoms with Crippen LogP contribution in [0.4, 0.5) is 0 Å². The van der Waals surface area contributed by atoms with Crippen LogP contribution in [0.25, 0.3) is 0 Å². The highest BCUT2D eigenvalue weighted by atomic mass is 16.5. The largest absolute Gasteiger partial charge is 0.493 e. The summed E-state index contributed by atoms with van der Waals surface area (Å²) < 4.78 is 5.95. The Morgan fingerprint density at radius 2 is 1.83 bits per heavy atom. The predicted molar refractivity (Wildman–Crippen MR) is 71.9 cm³/mol. The van der Waals surface area contributed by atoms with E-state index < -0.39 is 0 Å². The van der Waals surface area contributed by atoms with Gasteiger partial charge in [0.2, 0.25) is 0 Å². The van der Waals surface area contributed by atoms with Gasteiger partial charge in [-0.25, -0.2) is 0 Å². The van der Waals surface area contributed by atoms with E-state index in [1.54, 1.807) is 0 Å². The lowest BCUT2D eigenvalue weighted by atomic mass is 9.81. The number of rotatable bonds is 4. The molecule has 3 rings (SSSR count). The molecule has 0 radical (unpaired) electrons. The van der Waals surface area contributed by atoms with Gasteiger partial charge in [0.1, 0.15) is 5.75 Å². The van der Waals surface area contributed by atoms with E-state index in [0.29, 0.717) is 0 Å². The summed E-state index contributed by atoms with van der Waals surface area (Å²) in [7, 11) is 0. The quantitative estimate of drug-likeness (QED) is 0.881. The molecule has 1 aromatic carbocycles. The molecule has 2 aliphatic rings. The van der Waals surface area contributed by atoms with Crippen molar-refractivity contribution in [2.24, 2.45) is 5.92 Å². The van der Waals surface area contributed by atoms with Crippen LogP contribution in [0, 0.1) is 5.92 Å². The van der Waals surface area contributed by atoms with Crippen LogP contribution in [0.15, 0.2) is 24.3 Å². The maximum atomic E-state index is 10.2. The molecule has 0 bridgehead atoms. The van der Waals surface area contributed by atoms with Gasteiger partial charge in [-0.3, -0.25) is 0 Å². The Morgan fingerprint density at radius 3 is 2.61 bits per heavy atom. The summed E-state index contributed by atoms with van der Waals surface area (Å²) in [5.41, 5.74) is 1.21. The molecule has 2 fully saturated rings. The first-order valence-corrected chi connectivity index (χ1v) is 7.24. The molecular weight excluding hydrogens is 224 g/mol. The van der Waals surface area contributed by atoms with Crippen LogP contribution in [0.1, 0.15) is 50.0 Å². The summed E-state index contributed by atoms with van der Waals surface area (Å²) in [5, 5.41) is 10.2. The van der Waals surface area contributed by atoms with E-state index >= 15 is 0 Å². The summed E-state index contributed by atoms with van der Waals surface area (Å²) in [6.45, 7) is 0.847. The maximum Gasteiger partial charge on any atom is 0.122 e. The molecule has 18 heavy (non-hydrogen) atoms. The maximum absolute atomic E-state index is 10.2. The van der Waals surface area contributed by atoms with Crippen LogP contribution in [0.5, 0.6) is 5.75 Å². The SMILES string of the molecule is O[C@@H]1CCCC[C@H]1c1ccccc1OCC1CC1. The van der Waals surface area contributed by atoms with Crippen molar-refractivity contribution in [3.8, 4) is 5.75 Å². The van der Waals surface area contributed by atoms with E-state index in [1.165, 1.54) is 24.8 Å². The Hall–Kier alpha value is -1.02. The number of benzene rings is 1. The van der Waals surface area contributed by atoms with E-state index in [1.807, 2.05) is 6.07 Å². The van der Waals surface area contributed by atoms with Crippen molar-refractivity contribution < 1.29 is 9.84 Å². The predicted octanol–water partition coefficient (Wildman–Crippen LogP) is 3.49. The second-order valence-electron chi connectivity index (χ2n) is 5.75. The van der Waals surface area contributed by atoms with Crippen molar-refractivity contribution in [3.63, 3.8) is 0 Å². The first kappa shape index (κ1) is 12.0. The van der Waals surface area contributed by atoms with Crippen molar-refractivity contribution >= 4 is 0 Å². The summed E-state index contributed by atoms with van der Waals surface area (Å²) in [6.07, 6.45) is 6.83. The molecule has 1 N–H and O–H groups in total. The van der Waals surface area contributed by atoms with Crippen molar-refractivity contribution in [2.75, 3.05) is 6.61 Å². The van der Waals surface area contributed by atoms with Gasteiger partial charge in [-0.2, -0.15) is 0 Å². The zero-order valence-electron chi connectivity index (χ0n) is 10.8. The van der Waals surface area contributed by atoms with E-state index in [0.717, 1.165) is 37.5 Å². The number of aliphatic hydroxyl groups excluding tert-OH is 1. The third-order valence-electron chi connectivity index (χ3n) is 4.22. The van der Waals surface area contributed by atoms with Gasteiger partial charge < -0.3 is 9.84 Å². The van der Waals surface area contributed by atoms with Crippen molar-refractivity contribution in [2.45, 2.75) is 50.5 Å². The Bertz CT molecular complexity index is 398. The number of aliphatic hydroxyl groups is 1. The lowest BCUT2D eigenvalue weighted by Gasteiger charge is -2.29. The molecule has 0 spiro atoms. The Morgan fingerprint density at radius 1 is 1.06 bits per heavy atom. The van der Waals surface area contributed by atoms with Gasteiger partial charge in [0.05, 0.1) is 12.7 Å². The van der Waals surface area contributed by atoms with Crippen LogP contribution in [-0.4, -0.2) is 17.8 Å². The van der Waals surface area contributed by atoms with Crippen molar-refractivity contribution in [1.29, 1.82) is 0 Å². The van der Waals surface area contributed by atoms with E-state index in [2.05, 4.69) is 18.2 Å². The molecule has 98 valence electrons. The average molecular weight is 246 g/mol. The molecule has 0 heterocycles. The number of ether oxygens (including phenoxy) is 1. The summed E-state index contributed by atoms with van der Waals surface area (Å²) in [5.74, 6) is 2.04. The molecule has 0 saturated heterocycles. The minimum atomic E-state index is -0.190. The van der Waals surface area contributed by atoms with E-state index in [-0.39, 0.29) is 12.0 Å². The normalized spacial score (nSPS) is 28.1. The van der Waals surface area contributed by atoms with Crippen LogP contribution >= 0.6 is 0 Å². The molecule has 0 amide bonds. The molecule has 0 aliphatic heterocycles. The smallest absolute Gasteiger partial charge is 0.122 e. The van der Waals surface area contributed by atoms with Crippen LogP contribution < -0.4 is 4.74 Å². The lowest BCUT2D eigenvalue weighted by molar-refractivity contribution is 0.104. The van der Waals surface area contributed by atoms with Crippen LogP contribution in [-0.2, 0) is 0 Å². The van der Waals surface area contributed by atoms with E-state index in [4.69, 9.17) is 4.74 Å². The monoisotopic (exact) mass is 246 g/mol. The zero-order chi connectivity index (χ0) is 12.4. The fourth-order valence-electron chi connectivity index (χ4n) is 2.88. The first-order valence-electron chi connectivity index (χ1n) is 7.24.